The largest absolute Gasteiger partial charge is 0.508 e. The van der Waals surface area contributed by atoms with Crippen LogP contribution in [0.4, 0.5) is 5.69 Å². The molecule has 5 aromatic carbocycles. The highest BCUT2D eigenvalue weighted by atomic mass is 16.5. The number of ether oxygens (including phenoxy) is 2. The number of ketones is 2. The lowest BCUT2D eigenvalue weighted by molar-refractivity contribution is -0.135. The Kier molecular flexibility index (Phi) is 9.27. The Balaban J connectivity index is 1.11. The Morgan fingerprint density at radius 2 is 1.45 bits per heavy atom. The van der Waals surface area contributed by atoms with Gasteiger partial charge in [-0.2, -0.15) is 0 Å². The summed E-state index contributed by atoms with van der Waals surface area (Å²) >= 11 is 0. The van der Waals surface area contributed by atoms with Crippen LogP contribution < -0.4 is 14.4 Å². The van der Waals surface area contributed by atoms with E-state index in [1.54, 1.807) is 50.6 Å². The quantitative estimate of drug-likeness (QED) is 0.0957. The van der Waals surface area contributed by atoms with Gasteiger partial charge >= 0.3 is 0 Å². The van der Waals surface area contributed by atoms with Crippen molar-refractivity contribution in [2.45, 2.75) is 24.2 Å². The second-order valence-electron chi connectivity index (χ2n) is 15.4. The van der Waals surface area contributed by atoms with Gasteiger partial charge in [0, 0.05) is 23.0 Å². The van der Waals surface area contributed by atoms with E-state index < -0.39 is 35.0 Å². The minimum Gasteiger partial charge on any atom is -0.508 e. The Hall–Kier alpha value is -6.80. The summed E-state index contributed by atoms with van der Waals surface area (Å²) in [6, 6.07) is 38.4. The fraction of sp³-hybridized carbons (Fsp3) is 0.200. The number of nitrogens with zero attached hydrogens (tertiary/aromatic N) is 1. The zero-order chi connectivity index (χ0) is 40.1. The second-order valence-corrected chi connectivity index (χ2v) is 15.4. The van der Waals surface area contributed by atoms with Crippen LogP contribution >= 0.6 is 0 Å². The third kappa shape index (κ3) is 5.82. The number of benzene rings is 5. The van der Waals surface area contributed by atoms with Crippen molar-refractivity contribution in [2.24, 2.45) is 23.7 Å². The molecule has 1 aliphatic heterocycles. The number of phenolic OH excluding ortho intramolecular Hbond substituents is 1. The van der Waals surface area contributed by atoms with E-state index in [1.165, 1.54) is 11.0 Å². The summed E-state index contributed by atoms with van der Waals surface area (Å²) in [7, 11) is 3.22. The Bertz CT molecular complexity index is 2540. The number of carbonyl (C=O) groups is 4. The number of aromatic hydroxyl groups is 1. The molecule has 5 aromatic rings. The van der Waals surface area contributed by atoms with E-state index in [-0.39, 0.29) is 35.6 Å². The lowest BCUT2D eigenvalue weighted by Crippen LogP contribution is -2.58. The number of Topliss-reactive ketones (excluding diaryl/α,β-unsaturated/α-hetero) is 1. The first-order valence-electron chi connectivity index (χ1n) is 19.5. The maximum atomic E-state index is 15.2. The van der Waals surface area contributed by atoms with Crippen molar-refractivity contribution < 1.29 is 33.8 Å². The van der Waals surface area contributed by atoms with Crippen molar-refractivity contribution >= 4 is 46.8 Å². The number of fused-ring (bicyclic) bond motifs is 4. The molecule has 1 N–H and O–H groups in total. The normalized spacial score (nSPS) is 25.1. The van der Waals surface area contributed by atoms with E-state index >= 15 is 9.59 Å². The zero-order valence-corrected chi connectivity index (χ0v) is 32.1. The molecule has 0 aromatic heterocycles. The summed E-state index contributed by atoms with van der Waals surface area (Å²) in [5, 5.41) is 10.4. The molecule has 1 heterocycles. The molecule has 1 saturated heterocycles. The minimum atomic E-state index is -1.33. The van der Waals surface area contributed by atoms with Gasteiger partial charge in [0.1, 0.15) is 17.2 Å². The molecular formula is C50H41NO7. The smallest absolute Gasteiger partial charge is 0.238 e. The minimum absolute atomic E-state index is 0.0742. The molecular weight excluding hydrogens is 727 g/mol. The summed E-state index contributed by atoms with van der Waals surface area (Å²) in [4.78, 5) is 60.7. The van der Waals surface area contributed by atoms with Crippen LogP contribution in [-0.4, -0.2) is 42.7 Å². The number of phenols is 1. The van der Waals surface area contributed by atoms with Crippen LogP contribution in [0.25, 0.3) is 17.7 Å². The van der Waals surface area contributed by atoms with Crippen LogP contribution in [0.2, 0.25) is 0 Å². The number of hydrogen-bond donors (Lipinski definition) is 1. The Morgan fingerprint density at radius 1 is 0.741 bits per heavy atom. The van der Waals surface area contributed by atoms with Crippen LogP contribution in [0.1, 0.15) is 46.6 Å². The predicted molar refractivity (Wildman–Crippen MR) is 222 cm³/mol. The average Bonchev–Trinajstić information content (AvgIpc) is 3.52. The van der Waals surface area contributed by atoms with Gasteiger partial charge < -0.3 is 14.6 Å². The maximum absolute atomic E-state index is 15.2. The lowest BCUT2D eigenvalue weighted by atomic mass is 9.44. The summed E-state index contributed by atoms with van der Waals surface area (Å²) in [6.45, 7) is 0. The van der Waals surface area contributed by atoms with Crippen molar-refractivity contribution in [3.8, 4) is 17.2 Å². The fourth-order valence-corrected chi connectivity index (χ4v) is 10.1. The molecule has 0 bridgehead atoms. The van der Waals surface area contributed by atoms with Gasteiger partial charge in [-0.3, -0.25) is 24.1 Å². The Labute approximate surface area is 336 Å². The second kappa shape index (κ2) is 14.6. The molecule has 0 unspecified atom stereocenters. The van der Waals surface area contributed by atoms with Gasteiger partial charge in [0.2, 0.25) is 11.8 Å². The van der Waals surface area contributed by atoms with E-state index in [0.29, 0.717) is 34.7 Å². The summed E-state index contributed by atoms with van der Waals surface area (Å²) < 4.78 is 10.9. The van der Waals surface area contributed by atoms with Crippen LogP contribution in [0, 0.1) is 23.7 Å². The standard InChI is InChI=1S/C50H41NO7/c1-57-37-23-26-43(58-2)33(27-37)16-13-30-14-19-35(20-15-30)51-48(55)39-25-24-38-41(45(39)49(51)56)28-42-47(54)40(31-9-5-3-6-10-31)29-44(53)50(42,34-11-7-4-8-12-34)46(38)32-17-21-36(52)22-18-32/h3-24,26-27,29,39,41-42,45-46,52H,25,28H2,1-2H3/t39-,41+,42-,45-,46-,50-/m0/s1. The first kappa shape index (κ1) is 36.8. The van der Waals surface area contributed by atoms with Gasteiger partial charge in [-0.05, 0) is 89.6 Å². The van der Waals surface area contributed by atoms with E-state index in [4.69, 9.17) is 9.47 Å². The number of anilines is 1. The third-order valence-electron chi connectivity index (χ3n) is 12.6. The lowest BCUT2D eigenvalue weighted by Gasteiger charge is -2.55. The molecule has 6 atom stereocenters. The number of imide groups is 1. The Morgan fingerprint density at radius 3 is 2.14 bits per heavy atom. The predicted octanol–water partition coefficient (Wildman–Crippen LogP) is 8.61. The van der Waals surface area contributed by atoms with Crippen molar-refractivity contribution in [3.63, 3.8) is 0 Å². The molecule has 8 heteroatoms. The van der Waals surface area contributed by atoms with Gasteiger partial charge in [0.15, 0.2) is 11.6 Å². The highest BCUT2D eigenvalue weighted by Crippen LogP contribution is 2.63. The molecule has 288 valence electrons. The first-order valence-corrected chi connectivity index (χ1v) is 19.5. The molecule has 8 nitrogen and oxygen atoms in total. The number of rotatable bonds is 8. The van der Waals surface area contributed by atoms with E-state index in [1.807, 2.05) is 109 Å². The van der Waals surface area contributed by atoms with Crippen molar-refractivity contribution in [2.75, 3.05) is 19.1 Å². The van der Waals surface area contributed by atoms with E-state index in [2.05, 4.69) is 0 Å². The number of amides is 2. The van der Waals surface area contributed by atoms with Crippen LogP contribution in [0.5, 0.6) is 17.2 Å². The first-order chi connectivity index (χ1) is 28.2. The molecule has 1 saturated carbocycles. The maximum Gasteiger partial charge on any atom is 0.238 e. The molecule has 3 aliphatic carbocycles. The van der Waals surface area contributed by atoms with E-state index in [9.17, 15) is 14.7 Å². The van der Waals surface area contributed by atoms with Gasteiger partial charge in [-0.1, -0.05) is 109 Å². The van der Waals surface area contributed by atoms with Crippen LogP contribution in [0.3, 0.4) is 0 Å². The average molecular weight is 768 g/mol. The van der Waals surface area contributed by atoms with Crippen molar-refractivity contribution in [3.05, 3.63) is 173 Å². The highest BCUT2D eigenvalue weighted by Gasteiger charge is 2.66. The highest BCUT2D eigenvalue weighted by molar-refractivity contribution is 6.32. The summed E-state index contributed by atoms with van der Waals surface area (Å²) in [5.41, 5.74) is 4.20. The van der Waals surface area contributed by atoms with Gasteiger partial charge in [0.25, 0.3) is 0 Å². The molecule has 0 radical (unpaired) electrons. The monoisotopic (exact) mass is 767 g/mol. The molecule has 2 amide bonds. The molecule has 2 fully saturated rings. The molecule has 58 heavy (non-hydrogen) atoms. The molecule has 0 spiro atoms. The SMILES string of the molecule is COc1ccc(OC)c(C=Cc2ccc(N3C(=O)[C@H]4[C@H](CC=C5[C@H]4C[C@H]4C(=O)C(c6ccccc6)=CC(=O)[C@@]4(c4ccccc4)[C@H]5c4ccc(O)cc4)C3=O)cc2)c1. The number of allylic oxidation sites excluding steroid dienone is 4. The summed E-state index contributed by atoms with van der Waals surface area (Å²) in [5.74, 6) is -2.78. The van der Waals surface area contributed by atoms with Gasteiger partial charge in [0.05, 0.1) is 37.2 Å². The van der Waals surface area contributed by atoms with Gasteiger partial charge in [-0.15, -0.1) is 0 Å². The fourth-order valence-electron chi connectivity index (χ4n) is 10.1. The van der Waals surface area contributed by atoms with Crippen LogP contribution in [-0.2, 0) is 24.6 Å². The number of carbonyl (C=O) groups excluding carboxylic acids is 4. The molecule has 4 aliphatic rings. The van der Waals surface area contributed by atoms with E-state index in [0.717, 1.165) is 27.8 Å². The third-order valence-corrected chi connectivity index (χ3v) is 12.6. The van der Waals surface area contributed by atoms with Crippen LogP contribution in [0.15, 0.2) is 145 Å². The summed E-state index contributed by atoms with van der Waals surface area (Å²) in [6.07, 6.45) is 7.94. The number of methoxy groups -OCH3 is 2. The zero-order valence-electron chi connectivity index (χ0n) is 32.1. The van der Waals surface area contributed by atoms with Crippen molar-refractivity contribution in [1.82, 2.24) is 0 Å². The molecule has 9 rings (SSSR count). The number of hydrogen-bond acceptors (Lipinski definition) is 7. The van der Waals surface area contributed by atoms with Gasteiger partial charge in [-0.25, -0.2) is 0 Å². The van der Waals surface area contributed by atoms with Crippen molar-refractivity contribution in [1.29, 1.82) is 0 Å². The topological polar surface area (TPSA) is 110 Å².